The number of aromatic nitrogens is 1. The van der Waals surface area contributed by atoms with Crippen LogP contribution in [0, 0.1) is 18.8 Å². The fourth-order valence-corrected chi connectivity index (χ4v) is 4.23. The van der Waals surface area contributed by atoms with E-state index in [1.165, 1.54) is 0 Å². The molecule has 1 aromatic carbocycles. The van der Waals surface area contributed by atoms with Crippen molar-refractivity contribution in [3.05, 3.63) is 47.3 Å². The summed E-state index contributed by atoms with van der Waals surface area (Å²) in [4.78, 5) is 19.0. The summed E-state index contributed by atoms with van der Waals surface area (Å²) in [5.41, 5.74) is 5.50. The van der Waals surface area contributed by atoms with Crippen molar-refractivity contribution in [2.75, 3.05) is 20.1 Å². The summed E-state index contributed by atoms with van der Waals surface area (Å²) in [5.74, 6) is 1.03. The molecule has 3 heteroatoms. The molecule has 2 aliphatic rings. The number of Topliss-reactive ketones (excluding diaryl/α,β-unsaturated/α-hetero) is 1. The summed E-state index contributed by atoms with van der Waals surface area (Å²) in [6, 6.07) is 10.3. The Hall–Kier alpha value is -1.87. The van der Waals surface area contributed by atoms with Gasteiger partial charge in [0.1, 0.15) is 0 Å². The first-order valence-electron chi connectivity index (χ1n) is 8.14. The number of aromatic amines is 1. The number of ketones is 1. The highest BCUT2D eigenvalue weighted by atomic mass is 16.1. The molecule has 0 bridgehead atoms. The molecule has 0 spiro atoms. The average molecular weight is 294 g/mol. The fourth-order valence-electron chi connectivity index (χ4n) is 4.23. The fraction of sp³-hybridized carbons (Fsp3) is 0.421. The number of aryl methyl sites for hydroxylation is 1. The summed E-state index contributed by atoms with van der Waals surface area (Å²) >= 11 is 0. The maximum absolute atomic E-state index is 13.2. The van der Waals surface area contributed by atoms with Crippen LogP contribution in [0.2, 0.25) is 0 Å². The van der Waals surface area contributed by atoms with E-state index in [1.54, 1.807) is 0 Å². The van der Waals surface area contributed by atoms with Gasteiger partial charge in [0.25, 0.3) is 0 Å². The summed E-state index contributed by atoms with van der Waals surface area (Å²) in [6.07, 6.45) is 2.15. The minimum Gasteiger partial charge on any atom is -0.361 e. The predicted octanol–water partition coefficient (Wildman–Crippen LogP) is 3.30. The maximum Gasteiger partial charge on any atom is 0.169 e. The quantitative estimate of drug-likeness (QED) is 0.876. The first-order valence-corrected chi connectivity index (χ1v) is 8.14. The van der Waals surface area contributed by atoms with Crippen molar-refractivity contribution in [3.8, 4) is 11.1 Å². The van der Waals surface area contributed by atoms with Crippen LogP contribution >= 0.6 is 0 Å². The second-order valence-corrected chi connectivity index (χ2v) is 6.83. The van der Waals surface area contributed by atoms with E-state index in [-0.39, 0.29) is 5.92 Å². The number of carbonyl (C=O) groups is 1. The van der Waals surface area contributed by atoms with Crippen molar-refractivity contribution in [2.24, 2.45) is 11.8 Å². The number of benzene rings is 1. The van der Waals surface area contributed by atoms with Crippen LogP contribution in [0.5, 0.6) is 0 Å². The number of piperidine rings is 1. The van der Waals surface area contributed by atoms with Crippen molar-refractivity contribution >= 4 is 5.78 Å². The zero-order valence-corrected chi connectivity index (χ0v) is 13.2. The Morgan fingerprint density at radius 1 is 1.18 bits per heavy atom. The molecule has 1 N–H and O–H groups in total. The van der Waals surface area contributed by atoms with Gasteiger partial charge >= 0.3 is 0 Å². The number of hydrogen-bond donors (Lipinski definition) is 1. The third-order valence-electron chi connectivity index (χ3n) is 5.34. The smallest absolute Gasteiger partial charge is 0.169 e. The number of rotatable bonds is 1. The molecule has 22 heavy (non-hydrogen) atoms. The molecule has 114 valence electrons. The van der Waals surface area contributed by atoms with Gasteiger partial charge in [-0.3, -0.25) is 4.79 Å². The summed E-state index contributed by atoms with van der Waals surface area (Å²) in [5, 5.41) is 0. The van der Waals surface area contributed by atoms with E-state index in [0.29, 0.717) is 11.7 Å². The number of fused-ring (bicyclic) bond motifs is 2. The van der Waals surface area contributed by atoms with Crippen molar-refractivity contribution < 1.29 is 4.79 Å². The molecule has 1 aliphatic heterocycles. The molecule has 2 unspecified atom stereocenters. The van der Waals surface area contributed by atoms with Crippen LogP contribution in [-0.4, -0.2) is 35.8 Å². The summed E-state index contributed by atoms with van der Waals surface area (Å²) < 4.78 is 0. The topological polar surface area (TPSA) is 36.1 Å². The second kappa shape index (κ2) is 5.10. The molecule has 0 amide bonds. The highest BCUT2D eigenvalue weighted by molar-refractivity contribution is 6.06. The maximum atomic E-state index is 13.2. The van der Waals surface area contributed by atoms with E-state index in [2.05, 4.69) is 36.0 Å². The molecule has 0 saturated carbocycles. The first kappa shape index (κ1) is 13.8. The van der Waals surface area contributed by atoms with Crippen LogP contribution < -0.4 is 0 Å². The average Bonchev–Trinajstić information content (AvgIpc) is 2.85. The number of H-pyrrole nitrogens is 1. The third kappa shape index (κ3) is 2.03. The van der Waals surface area contributed by atoms with Crippen molar-refractivity contribution in [1.29, 1.82) is 0 Å². The zero-order valence-electron chi connectivity index (χ0n) is 13.2. The molecule has 2 atom stereocenters. The number of hydrogen-bond acceptors (Lipinski definition) is 2. The van der Waals surface area contributed by atoms with Crippen LogP contribution in [0.4, 0.5) is 0 Å². The molecule has 1 saturated heterocycles. The van der Waals surface area contributed by atoms with E-state index in [9.17, 15) is 4.79 Å². The normalized spacial score (nSPS) is 24.9. The molecule has 4 rings (SSSR count). The van der Waals surface area contributed by atoms with E-state index < -0.39 is 0 Å². The Labute approximate surface area is 131 Å². The SMILES string of the molecule is Cc1[nH]c2c(c1-c1ccccc1)C(=O)C1CN(C)CCC1C2. The van der Waals surface area contributed by atoms with Crippen molar-refractivity contribution in [1.82, 2.24) is 9.88 Å². The standard InChI is InChI=1S/C19H22N2O/c1-12-17(13-6-4-3-5-7-13)18-16(20-12)10-14-8-9-21(2)11-15(14)19(18)22/h3-7,14-15,20H,8-11H2,1-2H3. The lowest BCUT2D eigenvalue weighted by Crippen LogP contribution is -2.45. The van der Waals surface area contributed by atoms with Gasteiger partial charge in [-0.1, -0.05) is 30.3 Å². The van der Waals surface area contributed by atoms with Crippen LogP contribution in [0.25, 0.3) is 11.1 Å². The molecule has 0 radical (unpaired) electrons. The van der Waals surface area contributed by atoms with Crippen molar-refractivity contribution in [2.45, 2.75) is 19.8 Å². The molecule has 2 heterocycles. The molecule has 1 aromatic heterocycles. The first-order chi connectivity index (χ1) is 10.6. The highest BCUT2D eigenvalue weighted by Gasteiger charge is 2.41. The Morgan fingerprint density at radius 2 is 1.95 bits per heavy atom. The van der Waals surface area contributed by atoms with Gasteiger partial charge in [-0.05, 0) is 44.8 Å². The highest BCUT2D eigenvalue weighted by Crippen LogP contribution is 2.40. The monoisotopic (exact) mass is 294 g/mol. The molecule has 2 aromatic rings. The molecule has 1 fully saturated rings. The van der Waals surface area contributed by atoms with Crippen molar-refractivity contribution in [3.63, 3.8) is 0 Å². The Morgan fingerprint density at radius 3 is 2.73 bits per heavy atom. The lowest BCUT2D eigenvalue weighted by Gasteiger charge is -2.38. The zero-order chi connectivity index (χ0) is 15.3. The van der Waals surface area contributed by atoms with Gasteiger partial charge < -0.3 is 9.88 Å². The largest absolute Gasteiger partial charge is 0.361 e. The van der Waals surface area contributed by atoms with Crippen LogP contribution in [0.1, 0.15) is 28.2 Å². The number of nitrogens with zero attached hydrogens (tertiary/aromatic N) is 1. The molecule has 3 nitrogen and oxygen atoms in total. The minimum atomic E-state index is 0.170. The minimum absolute atomic E-state index is 0.170. The van der Waals surface area contributed by atoms with Crippen LogP contribution in [0.3, 0.4) is 0 Å². The third-order valence-corrected chi connectivity index (χ3v) is 5.34. The summed E-state index contributed by atoms with van der Waals surface area (Å²) in [7, 11) is 2.12. The lowest BCUT2D eigenvalue weighted by molar-refractivity contribution is 0.0706. The van der Waals surface area contributed by atoms with Gasteiger partial charge in [-0.25, -0.2) is 0 Å². The molecular weight excluding hydrogens is 272 g/mol. The molecular formula is C19H22N2O. The van der Waals surface area contributed by atoms with E-state index >= 15 is 0 Å². The van der Waals surface area contributed by atoms with Gasteiger partial charge in [0.05, 0.1) is 0 Å². The lowest BCUT2D eigenvalue weighted by atomic mass is 9.72. The van der Waals surface area contributed by atoms with Crippen LogP contribution in [-0.2, 0) is 6.42 Å². The van der Waals surface area contributed by atoms with Crippen LogP contribution in [0.15, 0.2) is 30.3 Å². The van der Waals surface area contributed by atoms with E-state index in [4.69, 9.17) is 0 Å². The van der Waals surface area contributed by atoms with E-state index in [0.717, 1.165) is 54.0 Å². The Bertz CT molecular complexity index is 717. The second-order valence-electron chi connectivity index (χ2n) is 6.83. The van der Waals surface area contributed by atoms with Gasteiger partial charge in [0.2, 0.25) is 0 Å². The van der Waals surface area contributed by atoms with Gasteiger partial charge in [-0.15, -0.1) is 0 Å². The van der Waals surface area contributed by atoms with Gasteiger partial charge in [-0.2, -0.15) is 0 Å². The Kier molecular flexibility index (Phi) is 3.19. The van der Waals surface area contributed by atoms with Gasteiger partial charge in [0.15, 0.2) is 5.78 Å². The number of likely N-dealkylation sites (tertiary alicyclic amines) is 1. The molecule has 1 aliphatic carbocycles. The number of nitrogens with one attached hydrogen (secondary N) is 1. The van der Waals surface area contributed by atoms with Gasteiger partial charge in [0, 0.05) is 35.0 Å². The Balaban J connectivity index is 1.83. The van der Waals surface area contributed by atoms with E-state index in [1.807, 2.05) is 18.2 Å². The summed E-state index contributed by atoms with van der Waals surface area (Å²) in [6.45, 7) is 4.10. The predicted molar refractivity (Wildman–Crippen MR) is 88.1 cm³/mol. The number of carbonyl (C=O) groups excluding carboxylic acids is 1.